The number of rotatable bonds is 6. The summed E-state index contributed by atoms with van der Waals surface area (Å²) in [7, 11) is 0. The minimum Gasteiger partial charge on any atom is -0.341 e. The SMILES string of the molecule is C#CCNC(=O)c1ccccc1NC(=O)CCn1c(C)csc1=O. The van der Waals surface area contributed by atoms with E-state index in [4.69, 9.17) is 6.42 Å². The van der Waals surface area contributed by atoms with Gasteiger partial charge in [-0.05, 0) is 19.1 Å². The molecule has 0 aliphatic rings. The standard InChI is InChI=1S/C17H17N3O3S/c1-3-9-18-16(22)13-6-4-5-7-14(13)19-15(21)8-10-20-12(2)11-24-17(20)23/h1,4-7,11H,8-10H2,2H3,(H,18,22)(H,19,21). The summed E-state index contributed by atoms with van der Waals surface area (Å²) in [6.45, 7) is 2.23. The number of benzene rings is 1. The molecule has 0 atom stereocenters. The van der Waals surface area contributed by atoms with Crippen LogP contribution in [0.1, 0.15) is 22.5 Å². The van der Waals surface area contributed by atoms with Gasteiger partial charge in [0.25, 0.3) is 5.91 Å². The Bertz CT molecular complexity index is 845. The van der Waals surface area contributed by atoms with Gasteiger partial charge in [0.15, 0.2) is 0 Å². The van der Waals surface area contributed by atoms with E-state index in [0.717, 1.165) is 17.0 Å². The lowest BCUT2D eigenvalue weighted by Gasteiger charge is -2.11. The van der Waals surface area contributed by atoms with Crippen LogP contribution in [0.4, 0.5) is 5.69 Å². The van der Waals surface area contributed by atoms with E-state index in [0.29, 0.717) is 17.8 Å². The summed E-state index contributed by atoms with van der Waals surface area (Å²) >= 11 is 1.11. The minimum absolute atomic E-state index is 0.0886. The minimum atomic E-state index is -0.353. The van der Waals surface area contributed by atoms with Gasteiger partial charge in [-0.15, -0.1) is 6.42 Å². The van der Waals surface area contributed by atoms with Crippen molar-refractivity contribution in [1.82, 2.24) is 9.88 Å². The van der Waals surface area contributed by atoms with Crippen LogP contribution in [0, 0.1) is 19.3 Å². The monoisotopic (exact) mass is 343 g/mol. The van der Waals surface area contributed by atoms with E-state index in [-0.39, 0.29) is 29.7 Å². The molecule has 0 saturated carbocycles. The quantitative estimate of drug-likeness (QED) is 0.782. The Kier molecular flexibility index (Phi) is 5.93. The van der Waals surface area contributed by atoms with Gasteiger partial charge in [0, 0.05) is 24.0 Å². The van der Waals surface area contributed by atoms with Crippen molar-refractivity contribution in [1.29, 1.82) is 0 Å². The van der Waals surface area contributed by atoms with Crippen molar-refractivity contribution >= 4 is 28.8 Å². The van der Waals surface area contributed by atoms with E-state index in [2.05, 4.69) is 16.6 Å². The van der Waals surface area contributed by atoms with Gasteiger partial charge in [-0.25, -0.2) is 0 Å². The topological polar surface area (TPSA) is 80.2 Å². The van der Waals surface area contributed by atoms with E-state index < -0.39 is 0 Å². The van der Waals surface area contributed by atoms with Crippen molar-refractivity contribution < 1.29 is 9.59 Å². The lowest BCUT2D eigenvalue weighted by atomic mass is 10.1. The highest BCUT2D eigenvalue weighted by atomic mass is 32.1. The third-order valence-corrected chi connectivity index (χ3v) is 4.22. The first-order valence-corrected chi connectivity index (χ1v) is 8.16. The number of carbonyl (C=O) groups is 2. The molecular weight excluding hydrogens is 326 g/mol. The number of aromatic nitrogens is 1. The number of para-hydroxylation sites is 1. The van der Waals surface area contributed by atoms with E-state index in [9.17, 15) is 14.4 Å². The van der Waals surface area contributed by atoms with Gasteiger partial charge in [0.2, 0.25) is 5.91 Å². The second-order valence-electron chi connectivity index (χ2n) is 5.03. The number of thiazole rings is 1. The fourth-order valence-corrected chi connectivity index (χ4v) is 2.88. The van der Waals surface area contributed by atoms with E-state index in [1.807, 2.05) is 6.92 Å². The van der Waals surface area contributed by atoms with Gasteiger partial charge >= 0.3 is 4.87 Å². The molecule has 1 aromatic heterocycles. The van der Waals surface area contributed by atoms with Crippen LogP contribution < -0.4 is 15.5 Å². The molecule has 1 heterocycles. The number of terminal acetylenes is 1. The molecule has 0 unspecified atom stereocenters. The molecule has 2 aromatic rings. The lowest BCUT2D eigenvalue weighted by Crippen LogP contribution is -2.26. The van der Waals surface area contributed by atoms with Crippen LogP contribution in [0.5, 0.6) is 0 Å². The average molecular weight is 343 g/mol. The molecule has 0 bridgehead atoms. The van der Waals surface area contributed by atoms with Gasteiger partial charge in [-0.3, -0.25) is 14.4 Å². The van der Waals surface area contributed by atoms with Gasteiger partial charge in [-0.1, -0.05) is 29.4 Å². The molecule has 0 spiro atoms. The smallest absolute Gasteiger partial charge is 0.307 e. The zero-order valence-electron chi connectivity index (χ0n) is 13.2. The highest BCUT2D eigenvalue weighted by molar-refractivity contribution is 7.07. The molecule has 2 rings (SSSR count). The Morgan fingerprint density at radius 3 is 2.75 bits per heavy atom. The van der Waals surface area contributed by atoms with Crippen LogP contribution >= 0.6 is 11.3 Å². The highest BCUT2D eigenvalue weighted by Gasteiger charge is 2.13. The van der Waals surface area contributed by atoms with Crippen molar-refractivity contribution in [3.05, 3.63) is 50.6 Å². The zero-order chi connectivity index (χ0) is 17.5. The molecule has 0 radical (unpaired) electrons. The van der Waals surface area contributed by atoms with Crippen LogP contribution in [0.25, 0.3) is 0 Å². The van der Waals surface area contributed by atoms with Crippen molar-refractivity contribution in [2.75, 3.05) is 11.9 Å². The summed E-state index contributed by atoms with van der Waals surface area (Å²) in [5.74, 6) is 1.70. The number of aryl methyl sites for hydroxylation is 1. The van der Waals surface area contributed by atoms with Gasteiger partial charge in [0.1, 0.15) is 0 Å². The molecule has 2 amide bonds. The number of anilines is 1. The molecule has 6 nitrogen and oxygen atoms in total. The van der Waals surface area contributed by atoms with Gasteiger partial charge in [0.05, 0.1) is 17.8 Å². The molecule has 0 saturated heterocycles. The molecule has 7 heteroatoms. The Labute approximate surface area is 143 Å². The second-order valence-corrected chi connectivity index (χ2v) is 5.85. The molecule has 124 valence electrons. The van der Waals surface area contributed by atoms with Crippen molar-refractivity contribution in [3.63, 3.8) is 0 Å². The number of hydrogen-bond acceptors (Lipinski definition) is 4. The average Bonchev–Trinajstić information content (AvgIpc) is 2.89. The summed E-state index contributed by atoms with van der Waals surface area (Å²) in [6, 6.07) is 6.68. The first kappa shape index (κ1) is 17.5. The van der Waals surface area contributed by atoms with E-state index >= 15 is 0 Å². The first-order valence-electron chi connectivity index (χ1n) is 7.28. The first-order chi connectivity index (χ1) is 11.5. The van der Waals surface area contributed by atoms with Crippen LogP contribution in [0.2, 0.25) is 0 Å². The maximum Gasteiger partial charge on any atom is 0.307 e. The van der Waals surface area contributed by atoms with Crippen molar-refractivity contribution in [2.24, 2.45) is 0 Å². The Morgan fingerprint density at radius 2 is 2.08 bits per heavy atom. The number of hydrogen-bond donors (Lipinski definition) is 2. The summed E-state index contributed by atoms with van der Waals surface area (Å²) in [5.41, 5.74) is 1.57. The van der Waals surface area contributed by atoms with Crippen molar-refractivity contribution in [3.8, 4) is 12.3 Å². The highest BCUT2D eigenvalue weighted by Crippen LogP contribution is 2.15. The summed E-state index contributed by atoms with van der Waals surface area (Å²) < 4.78 is 1.55. The number of amides is 2. The van der Waals surface area contributed by atoms with Gasteiger partial charge in [-0.2, -0.15) is 0 Å². The largest absolute Gasteiger partial charge is 0.341 e. The number of nitrogens with one attached hydrogen (secondary N) is 2. The van der Waals surface area contributed by atoms with Gasteiger partial charge < -0.3 is 15.2 Å². The molecule has 0 aliphatic heterocycles. The van der Waals surface area contributed by atoms with Crippen molar-refractivity contribution in [2.45, 2.75) is 19.9 Å². The van der Waals surface area contributed by atoms with Crippen LogP contribution in [-0.2, 0) is 11.3 Å². The third-order valence-electron chi connectivity index (χ3n) is 3.34. The zero-order valence-corrected chi connectivity index (χ0v) is 14.0. The maximum absolute atomic E-state index is 12.1. The third kappa shape index (κ3) is 4.33. The second kappa shape index (κ2) is 8.13. The van der Waals surface area contributed by atoms with Crippen LogP contribution in [0.15, 0.2) is 34.4 Å². The molecule has 2 N–H and O–H groups in total. The lowest BCUT2D eigenvalue weighted by molar-refractivity contribution is -0.116. The molecule has 0 fully saturated rings. The Hall–Kier alpha value is -2.85. The fraction of sp³-hybridized carbons (Fsp3) is 0.235. The molecular formula is C17H17N3O3S. The number of nitrogens with zero attached hydrogens (tertiary/aromatic N) is 1. The van der Waals surface area contributed by atoms with Crippen LogP contribution in [0.3, 0.4) is 0 Å². The maximum atomic E-state index is 12.1. The Balaban J connectivity index is 2.03. The van der Waals surface area contributed by atoms with Crippen LogP contribution in [-0.4, -0.2) is 22.9 Å². The summed E-state index contributed by atoms with van der Waals surface area (Å²) in [5, 5.41) is 7.02. The summed E-state index contributed by atoms with van der Waals surface area (Å²) in [4.78, 5) is 35.7. The molecule has 0 aliphatic carbocycles. The van der Waals surface area contributed by atoms with E-state index in [1.165, 1.54) is 0 Å². The predicted octanol–water partition coefficient (Wildman–Crippen LogP) is 1.61. The molecule has 24 heavy (non-hydrogen) atoms. The molecule has 1 aromatic carbocycles. The normalized spacial score (nSPS) is 10.0. The predicted molar refractivity (Wildman–Crippen MR) is 94.2 cm³/mol. The fourth-order valence-electron chi connectivity index (χ4n) is 2.12. The number of carbonyl (C=O) groups excluding carboxylic acids is 2. The Morgan fingerprint density at radius 1 is 1.33 bits per heavy atom. The summed E-state index contributed by atoms with van der Waals surface area (Å²) in [6.07, 6.45) is 5.26. The van der Waals surface area contributed by atoms with E-state index in [1.54, 1.807) is 34.2 Å².